The maximum Gasteiger partial charge on any atom is 0.319 e. The molecule has 16 heteroatoms. The number of piperidine rings is 1. The zero-order valence-corrected chi connectivity index (χ0v) is 33.0. The Morgan fingerprint density at radius 2 is 1.74 bits per heavy atom. The maximum atomic E-state index is 14.6. The van der Waals surface area contributed by atoms with E-state index in [4.69, 9.17) is 16.3 Å². The molecule has 4 aliphatic rings. The smallest absolute Gasteiger partial charge is 0.319 e. The van der Waals surface area contributed by atoms with Crippen molar-refractivity contribution in [3.8, 4) is 0 Å². The maximum absolute atomic E-state index is 14.6. The van der Waals surface area contributed by atoms with Crippen molar-refractivity contribution in [3.63, 3.8) is 0 Å². The Balaban J connectivity index is 1.32. The molecule has 2 aromatic carbocycles. The molecule has 15 nitrogen and oxygen atoms in total. The minimum Gasteiger partial charge on any atom is -0.376 e. The first-order valence-electron chi connectivity index (χ1n) is 19.4. The summed E-state index contributed by atoms with van der Waals surface area (Å²) < 4.78 is 6.10. The van der Waals surface area contributed by atoms with Gasteiger partial charge in [-0.15, -0.1) is 0 Å². The molecule has 0 aromatic heterocycles. The van der Waals surface area contributed by atoms with Gasteiger partial charge in [-0.1, -0.05) is 59.6 Å². The molecule has 2 aromatic rings. The molecule has 4 fully saturated rings. The number of carbonyl (C=O) groups excluding carboxylic acids is 7. The molecule has 0 bridgehead atoms. The van der Waals surface area contributed by atoms with E-state index in [0.29, 0.717) is 61.2 Å². The lowest BCUT2D eigenvalue weighted by Gasteiger charge is -2.40. The fraction of sp³-hybridized carbons (Fsp3) is 0.488. The van der Waals surface area contributed by atoms with Crippen molar-refractivity contribution in [2.45, 2.75) is 94.5 Å². The second kappa shape index (κ2) is 17.9. The minimum atomic E-state index is -1.49. The van der Waals surface area contributed by atoms with Crippen molar-refractivity contribution in [2.24, 2.45) is 0 Å². The number of fused-ring (bicyclic) bond motifs is 3. The van der Waals surface area contributed by atoms with E-state index in [2.05, 4.69) is 27.8 Å². The fourth-order valence-electron chi connectivity index (χ4n) is 8.26. The summed E-state index contributed by atoms with van der Waals surface area (Å²) in [6, 6.07) is 7.93. The fourth-order valence-corrected chi connectivity index (χ4v) is 8.45. The van der Waals surface area contributed by atoms with Crippen LogP contribution in [0, 0.1) is 6.92 Å². The van der Waals surface area contributed by atoms with E-state index in [-0.39, 0.29) is 38.4 Å². The summed E-state index contributed by atoms with van der Waals surface area (Å²) >= 11 is 6.12. The molecular formula is C41H50ClN7O8. The van der Waals surface area contributed by atoms with Crippen LogP contribution in [0.3, 0.4) is 0 Å². The third kappa shape index (κ3) is 9.48. The Bertz CT molecular complexity index is 1930. The molecular weight excluding hydrogens is 754 g/mol. The van der Waals surface area contributed by atoms with Gasteiger partial charge in [0, 0.05) is 43.2 Å². The molecule has 57 heavy (non-hydrogen) atoms. The molecule has 0 spiro atoms. The summed E-state index contributed by atoms with van der Waals surface area (Å²) in [4.78, 5) is 101. The van der Waals surface area contributed by atoms with Crippen LogP contribution in [-0.4, -0.2) is 125 Å². The SMILES string of the molecule is C=C1CN2C(=O)[C@H](C)NC(=O)[C@@H]3CCCCN3C(=O)[C@@H]3CCCN3C(=O)[C@@H](NC(=O)[C@H](Cc3cccc(C)c3)NC(=O)Nc3cccc(Cl)c3)COCC2(C=O)C1. The first kappa shape index (κ1) is 41.4. The van der Waals surface area contributed by atoms with Gasteiger partial charge in [0.05, 0.1) is 13.2 Å². The average molecular weight is 804 g/mol. The van der Waals surface area contributed by atoms with Gasteiger partial charge in [0.1, 0.15) is 42.0 Å². The van der Waals surface area contributed by atoms with Crippen LogP contribution in [0.15, 0.2) is 60.7 Å². The normalized spacial score (nSPS) is 26.5. The van der Waals surface area contributed by atoms with E-state index in [1.165, 1.54) is 21.6 Å². The predicted octanol–water partition coefficient (Wildman–Crippen LogP) is 2.50. The van der Waals surface area contributed by atoms with Crippen LogP contribution in [0.2, 0.25) is 5.02 Å². The summed E-state index contributed by atoms with van der Waals surface area (Å²) in [6.45, 7) is 7.26. The molecule has 0 saturated carbocycles. The van der Waals surface area contributed by atoms with Gasteiger partial charge in [0.2, 0.25) is 29.5 Å². The van der Waals surface area contributed by atoms with Crippen LogP contribution >= 0.6 is 11.6 Å². The van der Waals surface area contributed by atoms with Crippen LogP contribution < -0.4 is 21.3 Å². The van der Waals surface area contributed by atoms with Crippen LogP contribution in [0.4, 0.5) is 10.5 Å². The van der Waals surface area contributed by atoms with E-state index in [1.807, 2.05) is 31.2 Å². The number of hydrogen-bond acceptors (Lipinski definition) is 8. The molecule has 304 valence electrons. The van der Waals surface area contributed by atoms with Gasteiger partial charge < -0.3 is 45.5 Å². The third-order valence-electron chi connectivity index (χ3n) is 11.1. The summed E-state index contributed by atoms with van der Waals surface area (Å²) in [5.74, 6) is -2.70. The molecule has 6 atom stereocenters. The van der Waals surface area contributed by atoms with E-state index < -0.39 is 72.0 Å². The van der Waals surface area contributed by atoms with Gasteiger partial charge in [-0.25, -0.2) is 4.79 Å². The number of ether oxygens (including phenoxy) is 1. The first-order valence-corrected chi connectivity index (χ1v) is 19.8. The standard InChI is InChI=1S/C41H50ClN7O8/c1-25-9-6-10-28(17-25)18-31(46-40(56)44-30-12-7-11-29(42)19-30)35(51)45-32-22-57-24-41(23-50)20-26(2)21-49(41)37(53)27(3)43-36(52)33-13-4-5-15-47(33)39(55)34-14-8-16-48(34)38(32)54/h6-7,9-12,17,19,23,27,31-34H,2,4-5,8,13-16,18,20-22,24H2,1,3H3,(H,43,52)(H,45,51)(H2,44,46,56)/t27-,31-,32-,33-,34-,41?/m0/s1. The van der Waals surface area contributed by atoms with Crippen molar-refractivity contribution in [3.05, 3.63) is 76.8 Å². The molecule has 1 unspecified atom stereocenters. The zero-order valence-electron chi connectivity index (χ0n) is 32.3. The highest BCUT2D eigenvalue weighted by atomic mass is 35.5. The first-order chi connectivity index (χ1) is 27.3. The lowest BCUT2D eigenvalue weighted by Crippen LogP contribution is -2.63. The quantitative estimate of drug-likeness (QED) is 0.243. The monoisotopic (exact) mass is 803 g/mol. The summed E-state index contributed by atoms with van der Waals surface area (Å²) in [7, 11) is 0. The predicted molar refractivity (Wildman–Crippen MR) is 211 cm³/mol. The van der Waals surface area contributed by atoms with Crippen LogP contribution in [0.25, 0.3) is 0 Å². The largest absolute Gasteiger partial charge is 0.376 e. The minimum absolute atomic E-state index is 0.0489. The molecule has 0 aliphatic carbocycles. The van der Waals surface area contributed by atoms with Crippen molar-refractivity contribution in [2.75, 3.05) is 38.2 Å². The summed E-state index contributed by atoms with van der Waals surface area (Å²) in [5, 5.41) is 11.4. The van der Waals surface area contributed by atoms with Gasteiger partial charge in [-0.05, 0) is 69.7 Å². The number of carbonyl (C=O) groups is 7. The van der Waals surface area contributed by atoms with Gasteiger partial charge in [-0.2, -0.15) is 0 Å². The third-order valence-corrected chi connectivity index (χ3v) is 11.3. The second-order valence-corrected chi connectivity index (χ2v) is 15.9. The molecule has 4 aliphatic heterocycles. The average Bonchev–Trinajstić information content (AvgIpc) is 3.81. The Morgan fingerprint density at radius 1 is 1.00 bits per heavy atom. The van der Waals surface area contributed by atoms with Crippen molar-refractivity contribution in [1.29, 1.82) is 0 Å². The molecule has 4 heterocycles. The Kier molecular flexibility index (Phi) is 13.0. The van der Waals surface area contributed by atoms with Crippen LogP contribution in [0.5, 0.6) is 0 Å². The second-order valence-electron chi connectivity index (χ2n) is 15.5. The molecule has 4 N–H and O–H groups in total. The van der Waals surface area contributed by atoms with Gasteiger partial charge in [0.25, 0.3) is 0 Å². The number of benzene rings is 2. The Morgan fingerprint density at radius 3 is 2.49 bits per heavy atom. The zero-order chi connectivity index (χ0) is 40.9. The van der Waals surface area contributed by atoms with Gasteiger partial charge >= 0.3 is 6.03 Å². The number of amides is 7. The van der Waals surface area contributed by atoms with E-state index >= 15 is 0 Å². The number of aryl methyl sites for hydroxylation is 1. The number of anilines is 1. The van der Waals surface area contributed by atoms with Gasteiger partial charge in [0.15, 0.2) is 0 Å². The Hall–Kier alpha value is -5.28. The van der Waals surface area contributed by atoms with E-state index in [0.717, 1.165) is 11.1 Å². The summed E-state index contributed by atoms with van der Waals surface area (Å²) in [5.41, 5.74) is 1.20. The van der Waals surface area contributed by atoms with Gasteiger partial charge in [-0.3, -0.25) is 24.0 Å². The highest BCUT2D eigenvalue weighted by Crippen LogP contribution is 2.32. The number of nitrogens with one attached hydrogen (secondary N) is 4. The molecule has 0 radical (unpaired) electrons. The number of aldehydes is 1. The highest BCUT2D eigenvalue weighted by Gasteiger charge is 2.49. The van der Waals surface area contributed by atoms with Crippen molar-refractivity contribution in [1.82, 2.24) is 30.7 Å². The highest BCUT2D eigenvalue weighted by molar-refractivity contribution is 6.30. The number of urea groups is 1. The van der Waals surface area contributed by atoms with Crippen molar-refractivity contribution >= 4 is 59.1 Å². The topological polar surface area (TPSA) is 187 Å². The van der Waals surface area contributed by atoms with Crippen LogP contribution in [-0.2, 0) is 39.9 Å². The molecule has 7 amide bonds. The number of nitrogens with zero attached hydrogens (tertiary/aromatic N) is 3. The summed E-state index contributed by atoms with van der Waals surface area (Å²) in [6.07, 6.45) is 3.36. The number of rotatable bonds is 7. The lowest BCUT2D eigenvalue weighted by molar-refractivity contribution is -0.153. The van der Waals surface area contributed by atoms with Crippen LogP contribution in [0.1, 0.15) is 56.6 Å². The lowest BCUT2D eigenvalue weighted by atomic mass is 9.97. The van der Waals surface area contributed by atoms with Crippen molar-refractivity contribution < 1.29 is 38.3 Å². The number of halogens is 1. The molecule has 6 rings (SSSR count). The van der Waals surface area contributed by atoms with E-state index in [1.54, 1.807) is 24.3 Å². The number of hydrogen-bond donors (Lipinski definition) is 4. The van der Waals surface area contributed by atoms with E-state index in [9.17, 15) is 33.6 Å². The Labute approximate surface area is 336 Å². The molecule has 4 saturated heterocycles.